The second kappa shape index (κ2) is 4.01. The first-order chi connectivity index (χ1) is 5.74. The van der Waals surface area contributed by atoms with Crippen molar-refractivity contribution in [1.29, 1.82) is 0 Å². The summed E-state index contributed by atoms with van der Waals surface area (Å²) in [4.78, 5) is 8.11. The number of nitrogens with two attached hydrogens (primary N) is 1. The van der Waals surface area contributed by atoms with Gasteiger partial charge in [0, 0.05) is 6.04 Å². The highest BCUT2D eigenvalue weighted by Crippen LogP contribution is 2.07. The fourth-order valence-corrected chi connectivity index (χ4v) is 0.784. The number of hydrogen-bond acceptors (Lipinski definition) is 4. The van der Waals surface area contributed by atoms with Crippen LogP contribution in [0, 0.1) is 0 Å². The monoisotopic (exact) mass is 167 g/mol. The van der Waals surface area contributed by atoms with Crippen LogP contribution in [0.25, 0.3) is 0 Å². The molecule has 0 saturated carbocycles. The molecule has 1 atom stereocenters. The van der Waals surface area contributed by atoms with Crippen LogP contribution in [-0.2, 0) is 0 Å². The Morgan fingerprint density at radius 3 is 2.67 bits per heavy atom. The molecule has 0 amide bonds. The smallest absolute Gasteiger partial charge is 0.232 e. The predicted molar refractivity (Wildman–Crippen MR) is 45.8 cm³/mol. The van der Waals surface area contributed by atoms with Gasteiger partial charge in [-0.15, -0.1) is 0 Å². The molecule has 0 spiro atoms. The lowest BCUT2D eigenvalue weighted by Gasteiger charge is -2.04. The molecule has 4 nitrogen and oxygen atoms in total. The zero-order valence-corrected chi connectivity index (χ0v) is 7.32. The topological polar surface area (TPSA) is 61.0 Å². The highest BCUT2D eigenvalue weighted by molar-refractivity contribution is 5.09. The van der Waals surface area contributed by atoms with Crippen molar-refractivity contribution < 1.29 is 4.74 Å². The summed E-state index contributed by atoms with van der Waals surface area (Å²) < 4.78 is 5.13. The zero-order chi connectivity index (χ0) is 8.97. The van der Waals surface area contributed by atoms with Crippen LogP contribution in [0.15, 0.2) is 12.4 Å². The van der Waals surface area contributed by atoms with E-state index in [1.165, 1.54) is 0 Å². The minimum absolute atomic E-state index is 0.0758. The van der Waals surface area contributed by atoms with E-state index < -0.39 is 0 Å². The summed E-state index contributed by atoms with van der Waals surface area (Å²) in [5.41, 5.74) is 6.37. The normalized spacial score (nSPS) is 12.6. The maximum atomic E-state index is 5.59. The van der Waals surface area contributed by atoms with Crippen molar-refractivity contribution in [1.82, 2.24) is 9.97 Å². The molecule has 0 aliphatic rings. The molecule has 0 bridgehead atoms. The largest absolute Gasteiger partial charge is 0.477 e. The minimum atomic E-state index is -0.0758. The van der Waals surface area contributed by atoms with Gasteiger partial charge in [0.1, 0.15) is 0 Å². The van der Waals surface area contributed by atoms with E-state index in [1.54, 1.807) is 12.4 Å². The lowest BCUT2D eigenvalue weighted by molar-refractivity contribution is 0.324. The Morgan fingerprint density at radius 2 is 2.25 bits per heavy atom. The minimum Gasteiger partial charge on any atom is -0.477 e. The third kappa shape index (κ3) is 2.17. The summed E-state index contributed by atoms with van der Waals surface area (Å²) in [6.07, 6.45) is 3.22. The fourth-order valence-electron chi connectivity index (χ4n) is 0.784. The van der Waals surface area contributed by atoms with Crippen LogP contribution in [0.2, 0.25) is 0 Å². The highest BCUT2D eigenvalue weighted by Gasteiger charge is 2.01. The van der Waals surface area contributed by atoms with Gasteiger partial charge in [-0.1, -0.05) is 0 Å². The van der Waals surface area contributed by atoms with Gasteiger partial charge in [0.15, 0.2) is 0 Å². The van der Waals surface area contributed by atoms with Crippen molar-refractivity contribution >= 4 is 0 Å². The van der Waals surface area contributed by atoms with Crippen LogP contribution in [0.4, 0.5) is 0 Å². The molecule has 2 N–H and O–H groups in total. The summed E-state index contributed by atoms with van der Waals surface area (Å²) >= 11 is 0. The van der Waals surface area contributed by atoms with Crippen LogP contribution in [0.3, 0.4) is 0 Å². The van der Waals surface area contributed by atoms with Crippen molar-refractivity contribution in [3.05, 3.63) is 18.1 Å². The van der Waals surface area contributed by atoms with E-state index in [0.717, 1.165) is 5.69 Å². The van der Waals surface area contributed by atoms with Gasteiger partial charge in [0.2, 0.25) is 5.88 Å². The van der Waals surface area contributed by atoms with Gasteiger partial charge in [0.25, 0.3) is 0 Å². The van der Waals surface area contributed by atoms with Gasteiger partial charge >= 0.3 is 0 Å². The molecule has 0 unspecified atom stereocenters. The molecule has 12 heavy (non-hydrogen) atoms. The van der Waals surface area contributed by atoms with Crippen LogP contribution in [0.1, 0.15) is 25.6 Å². The molecular formula is C8H13N3O. The summed E-state index contributed by atoms with van der Waals surface area (Å²) in [5, 5.41) is 0. The van der Waals surface area contributed by atoms with E-state index in [2.05, 4.69) is 9.97 Å². The first kappa shape index (κ1) is 8.93. The lowest BCUT2D eigenvalue weighted by Crippen LogP contribution is -2.08. The molecule has 1 aromatic rings. The quantitative estimate of drug-likeness (QED) is 0.726. The second-order valence-electron chi connectivity index (χ2n) is 2.50. The van der Waals surface area contributed by atoms with E-state index in [-0.39, 0.29) is 6.04 Å². The lowest BCUT2D eigenvalue weighted by atomic mass is 10.3. The van der Waals surface area contributed by atoms with Gasteiger partial charge in [-0.05, 0) is 13.8 Å². The zero-order valence-electron chi connectivity index (χ0n) is 7.32. The highest BCUT2D eigenvalue weighted by atomic mass is 16.5. The van der Waals surface area contributed by atoms with Crippen LogP contribution < -0.4 is 10.5 Å². The standard InChI is InChI=1S/C8H13N3O/c1-3-12-8-5-10-7(4-11-8)6(2)9/h4-6H,3,9H2,1-2H3/t6-/m0/s1. The van der Waals surface area contributed by atoms with E-state index >= 15 is 0 Å². The Balaban J connectivity index is 2.71. The molecule has 0 aliphatic heterocycles. The molecule has 0 fully saturated rings. The Morgan fingerprint density at radius 1 is 1.50 bits per heavy atom. The van der Waals surface area contributed by atoms with Crippen LogP contribution >= 0.6 is 0 Å². The van der Waals surface area contributed by atoms with Crippen molar-refractivity contribution in [2.45, 2.75) is 19.9 Å². The third-order valence-electron chi connectivity index (χ3n) is 1.41. The summed E-state index contributed by atoms with van der Waals surface area (Å²) in [6, 6.07) is -0.0758. The maximum Gasteiger partial charge on any atom is 0.232 e. The molecule has 0 saturated heterocycles. The Hall–Kier alpha value is -1.16. The van der Waals surface area contributed by atoms with Crippen LogP contribution in [0.5, 0.6) is 5.88 Å². The fraction of sp³-hybridized carbons (Fsp3) is 0.500. The van der Waals surface area contributed by atoms with E-state index in [0.29, 0.717) is 12.5 Å². The van der Waals surface area contributed by atoms with Crippen LogP contribution in [-0.4, -0.2) is 16.6 Å². The second-order valence-corrected chi connectivity index (χ2v) is 2.50. The molecule has 0 aliphatic carbocycles. The van der Waals surface area contributed by atoms with Crippen molar-refractivity contribution in [2.24, 2.45) is 5.73 Å². The molecule has 66 valence electrons. The Bertz CT molecular complexity index is 233. The molecule has 1 heterocycles. The average molecular weight is 167 g/mol. The number of nitrogens with zero attached hydrogens (tertiary/aromatic N) is 2. The predicted octanol–water partition coefficient (Wildman–Crippen LogP) is 0.895. The SMILES string of the molecule is CCOc1cnc([C@H](C)N)cn1. The summed E-state index contributed by atoms with van der Waals surface area (Å²) in [6.45, 7) is 4.37. The van der Waals surface area contributed by atoms with Gasteiger partial charge in [-0.3, -0.25) is 4.98 Å². The van der Waals surface area contributed by atoms with Gasteiger partial charge < -0.3 is 10.5 Å². The number of rotatable bonds is 3. The van der Waals surface area contributed by atoms with E-state index in [1.807, 2.05) is 13.8 Å². The van der Waals surface area contributed by atoms with E-state index in [4.69, 9.17) is 10.5 Å². The molecule has 0 aromatic carbocycles. The Kier molecular flexibility index (Phi) is 2.99. The van der Waals surface area contributed by atoms with Gasteiger partial charge in [-0.25, -0.2) is 4.98 Å². The van der Waals surface area contributed by atoms with Crippen molar-refractivity contribution in [3.63, 3.8) is 0 Å². The molecule has 0 radical (unpaired) electrons. The summed E-state index contributed by atoms with van der Waals surface area (Å²) in [5.74, 6) is 0.543. The van der Waals surface area contributed by atoms with Crippen molar-refractivity contribution in [2.75, 3.05) is 6.61 Å². The summed E-state index contributed by atoms with van der Waals surface area (Å²) in [7, 11) is 0. The third-order valence-corrected chi connectivity index (χ3v) is 1.41. The maximum absolute atomic E-state index is 5.59. The first-order valence-electron chi connectivity index (χ1n) is 3.94. The number of aromatic nitrogens is 2. The number of ether oxygens (including phenoxy) is 1. The van der Waals surface area contributed by atoms with Gasteiger partial charge in [0.05, 0.1) is 24.7 Å². The molecule has 4 heteroatoms. The molecule has 1 aromatic heterocycles. The number of hydrogen-bond donors (Lipinski definition) is 1. The molecule has 1 rings (SSSR count). The Labute approximate surface area is 71.8 Å². The first-order valence-corrected chi connectivity index (χ1v) is 3.94. The van der Waals surface area contributed by atoms with Gasteiger partial charge in [-0.2, -0.15) is 0 Å². The average Bonchev–Trinajstić information content (AvgIpc) is 2.06. The van der Waals surface area contributed by atoms with E-state index in [9.17, 15) is 0 Å². The molecular weight excluding hydrogens is 154 g/mol. The van der Waals surface area contributed by atoms with Crippen molar-refractivity contribution in [3.8, 4) is 5.88 Å².